The van der Waals surface area contributed by atoms with Crippen LogP contribution in [0.2, 0.25) is 0 Å². The van der Waals surface area contributed by atoms with E-state index >= 15 is 0 Å². The zero-order valence-corrected chi connectivity index (χ0v) is 12.3. The van der Waals surface area contributed by atoms with Crippen LogP contribution in [0.15, 0.2) is 48.5 Å². The molecule has 0 saturated carbocycles. The summed E-state index contributed by atoms with van der Waals surface area (Å²) in [5.74, 6) is 1.17. The van der Waals surface area contributed by atoms with E-state index in [1.165, 1.54) is 16.9 Å². The Balaban J connectivity index is 1.82. The number of nitrogens with zero attached hydrogens (tertiary/aromatic N) is 5. The predicted octanol–water partition coefficient (Wildman–Crippen LogP) is 2.31. The maximum Gasteiger partial charge on any atom is 0.269 e. The van der Waals surface area contributed by atoms with Crippen LogP contribution in [0.4, 0.5) is 5.69 Å². The lowest BCUT2D eigenvalue weighted by atomic mass is 10.2. The van der Waals surface area contributed by atoms with Gasteiger partial charge < -0.3 is 4.74 Å². The van der Waals surface area contributed by atoms with Crippen LogP contribution >= 0.6 is 0 Å². The van der Waals surface area contributed by atoms with Gasteiger partial charge in [0.1, 0.15) is 5.75 Å². The van der Waals surface area contributed by atoms with Gasteiger partial charge in [0.05, 0.1) is 18.6 Å². The molecule has 1 heterocycles. The third-order valence-corrected chi connectivity index (χ3v) is 3.23. The minimum Gasteiger partial charge on any atom is -0.497 e. The molecule has 0 spiro atoms. The number of nitro groups is 1. The highest BCUT2D eigenvalue weighted by Crippen LogP contribution is 2.20. The van der Waals surface area contributed by atoms with Gasteiger partial charge in [0.25, 0.3) is 5.69 Å². The predicted molar refractivity (Wildman–Crippen MR) is 82.0 cm³/mol. The van der Waals surface area contributed by atoms with Crippen LogP contribution in [-0.2, 0) is 6.54 Å². The topological polar surface area (TPSA) is 96.0 Å². The molecule has 0 fully saturated rings. The van der Waals surface area contributed by atoms with E-state index in [4.69, 9.17) is 4.74 Å². The molecule has 3 aromatic rings. The lowest BCUT2D eigenvalue weighted by Gasteiger charge is -2.01. The number of ether oxygens (including phenoxy) is 1. The summed E-state index contributed by atoms with van der Waals surface area (Å²) in [6, 6.07) is 13.7. The molecule has 0 unspecified atom stereocenters. The molecule has 0 aliphatic heterocycles. The summed E-state index contributed by atoms with van der Waals surface area (Å²) in [5, 5.41) is 23.1. The number of aromatic nitrogens is 4. The second kappa shape index (κ2) is 6.22. The molecule has 23 heavy (non-hydrogen) atoms. The first kappa shape index (κ1) is 14.6. The summed E-state index contributed by atoms with van der Waals surface area (Å²) in [7, 11) is 1.59. The van der Waals surface area contributed by atoms with E-state index in [0.717, 1.165) is 11.1 Å². The Labute approximate surface area is 131 Å². The summed E-state index contributed by atoms with van der Waals surface area (Å²) < 4.78 is 5.17. The van der Waals surface area contributed by atoms with Crippen molar-refractivity contribution in [2.75, 3.05) is 7.11 Å². The second-order valence-corrected chi connectivity index (χ2v) is 4.80. The Morgan fingerprint density at radius 3 is 2.83 bits per heavy atom. The number of tetrazole rings is 1. The Hall–Kier alpha value is -3.29. The zero-order chi connectivity index (χ0) is 16.2. The van der Waals surface area contributed by atoms with Gasteiger partial charge in [-0.1, -0.05) is 24.3 Å². The fourth-order valence-corrected chi connectivity index (χ4v) is 2.12. The van der Waals surface area contributed by atoms with Crippen molar-refractivity contribution < 1.29 is 9.66 Å². The molecule has 2 aromatic carbocycles. The maximum absolute atomic E-state index is 10.8. The van der Waals surface area contributed by atoms with Gasteiger partial charge in [-0.2, -0.15) is 4.80 Å². The molecule has 0 aliphatic rings. The van der Waals surface area contributed by atoms with Gasteiger partial charge >= 0.3 is 0 Å². The molecule has 8 heteroatoms. The molecule has 0 radical (unpaired) electrons. The average Bonchev–Trinajstić information content (AvgIpc) is 3.03. The lowest BCUT2D eigenvalue weighted by Crippen LogP contribution is -2.04. The molecule has 3 rings (SSSR count). The Morgan fingerprint density at radius 2 is 2.04 bits per heavy atom. The van der Waals surface area contributed by atoms with E-state index < -0.39 is 4.92 Å². The van der Waals surface area contributed by atoms with Crippen LogP contribution in [0.25, 0.3) is 11.4 Å². The van der Waals surface area contributed by atoms with Crippen molar-refractivity contribution in [1.29, 1.82) is 0 Å². The fourth-order valence-electron chi connectivity index (χ4n) is 2.12. The van der Waals surface area contributed by atoms with Crippen molar-refractivity contribution in [3.63, 3.8) is 0 Å². The van der Waals surface area contributed by atoms with Crippen molar-refractivity contribution in [1.82, 2.24) is 20.2 Å². The standard InChI is InChI=1S/C15H13N5O3/c1-23-14-7-3-5-12(9-14)15-16-18-19(17-15)10-11-4-2-6-13(8-11)20(21)22/h2-9H,10H2,1H3. The van der Waals surface area contributed by atoms with Crippen LogP contribution in [0.3, 0.4) is 0 Å². The van der Waals surface area contributed by atoms with Gasteiger partial charge in [-0.15, -0.1) is 10.2 Å². The lowest BCUT2D eigenvalue weighted by molar-refractivity contribution is -0.384. The largest absolute Gasteiger partial charge is 0.497 e. The van der Waals surface area contributed by atoms with Crippen molar-refractivity contribution in [2.24, 2.45) is 0 Å². The molecule has 0 atom stereocenters. The SMILES string of the molecule is COc1cccc(-c2nnn(Cc3cccc([N+](=O)[O-])c3)n2)c1. The second-order valence-electron chi connectivity index (χ2n) is 4.80. The monoisotopic (exact) mass is 311 g/mol. The molecule has 0 N–H and O–H groups in total. The minimum atomic E-state index is -0.431. The highest BCUT2D eigenvalue weighted by Gasteiger charge is 2.09. The fraction of sp³-hybridized carbons (Fsp3) is 0.133. The minimum absolute atomic E-state index is 0.0376. The van der Waals surface area contributed by atoms with Crippen LogP contribution in [0.5, 0.6) is 5.75 Å². The summed E-state index contributed by atoms with van der Waals surface area (Å²) in [4.78, 5) is 11.8. The quantitative estimate of drug-likeness (QED) is 0.530. The molecular weight excluding hydrogens is 298 g/mol. The molecule has 0 saturated heterocycles. The van der Waals surface area contributed by atoms with Gasteiger partial charge in [0.15, 0.2) is 0 Å². The van der Waals surface area contributed by atoms with Crippen molar-refractivity contribution in [2.45, 2.75) is 6.54 Å². The first-order chi connectivity index (χ1) is 11.2. The van der Waals surface area contributed by atoms with E-state index in [1.807, 2.05) is 24.3 Å². The first-order valence-corrected chi connectivity index (χ1v) is 6.81. The summed E-state index contributed by atoms with van der Waals surface area (Å²) in [6.45, 7) is 0.304. The van der Waals surface area contributed by atoms with Gasteiger partial charge in [0.2, 0.25) is 5.82 Å². The van der Waals surface area contributed by atoms with Crippen LogP contribution in [0.1, 0.15) is 5.56 Å². The van der Waals surface area contributed by atoms with E-state index in [9.17, 15) is 10.1 Å². The third-order valence-electron chi connectivity index (χ3n) is 3.23. The normalized spacial score (nSPS) is 10.5. The number of hydrogen-bond donors (Lipinski definition) is 0. The number of benzene rings is 2. The van der Waals surface area contributed by atoms with Gasteiger partial charge in [-0.05, 0) is 22.9 Å². The number of hydrogen-bond acceptors (Lipinski definition) is 6. The van der Waals surface area contributed by atoms with Gasteiger partial charge in [-0.25, -0.2) is 0 Å². The zero-order valence-electron chi connectivity index (χ0n) is 12.3. The highest BCUT2D eigenvalue weighted by molar-refractivity contribution is 5.56. The van der Waals surface area contributed by atoms with Crippen molar-refractivity contribution >= 4 is 5.69 Å². The Kier molecular flexibility index (Phi) is 3.96. The van der Waals surface area contributed by atoms with E-state index in [0.29, 0.717) is 18.1 Å². The number of rotatable bonds is 5. The molecule has 1 aromatic heterocycles. The average molecular weight is 311 g/mol. The van der Waals surface area contributed by atoms with Crippen LogP contribution in [0, 0.1) is 10.1 Å². The molecule has 0 aliphatic carbocycles. The van der Waals surface area contributed by atoms with Crippen LogP contribution < -0.4 is 4.74 Å². The summed E-state index contributed by atoms with van der Waals surface area (Å²) >= 11 is 0. The number of nitro benzene ring substituents is 1. The molecule has 8 nitrogen and oxygen atoms in total. The maximum atomic E-state index is 10.8. The summed E-state index contributed by atoms with van der Waals surface area (Å²) in [6.07, 6.45) is 0. The van der Waals surface area contributed by atoms with E-state index in [2.05, 4.69) is 15.4 Å². The highest BCUT2D eigenvalue weighted by atomic mass is 16.6. The smallest absolute Gasteiger partial charge is 0.269 e. The van der Waals surface area contributed by atoms with Crippen molar-refractivity contribution in [3.8, 4) is 17.1 Å². The van der Waals surface area contributed by atoms with Crippen molar-refractivity contribution in [3.05, 3.63) is 64.2 Å². The van der Waals surface area contributed by atoms with Crippen LogP contribution in [-0.4, -0.2) is 32.2 Å². The Bertz CT molecular complexity index is 846. The Morgan fingerprint density at radius 1 is 1.22 bits per heavy atom. The van der Waals surface area contributed by atoms with Gasteiger partial charge in [-0.3, -0.25) is 10.1 Å². The molecular formula is C15H13N5O3. The first-order valence-electron chi connectivity index (χ1n) is 6.81. The van der Waals surface area contributed by atoms with E-state index in [-0.39, 0.29) is 5.69 Å². The molecule has 0 amide bonds. The van der Waals surface area contributed by atoms with E-state index in [1.54, 1.807) is 19.2 Å². The summed E-state index contributed by atoms with van der Waals surface area (Å²) in [5.41, 5.74) is 1.55. The third kappa shape index (κ3) is 3.31. The number of methoxy groups -OCH3 is 1. The molecule has 116 valence electrons. The molecule has 0 bridgehead atoms. The number of non-ortho nitro benzene ring substituents is 1. The van der Waals surface area contributed by atoms with Gasteiger partial charge in [0, 0.05) is 17.7 Å².